The fourth-order valence-electron chi connectivity index (χ4n) is 2.96. The Morgan fingerprint density at radius 3 is 2.87 bits per heavy atom. The molecular weight excluding hydrogens is 310 g/mol. The molecule has 3 rings (SSSR count). The van der Waals surface area contributed by atoms with Crippen molar-refractivity contribution in [3.8, 4) is 10.6 Å². The lowest BCUT2D eigenvalue weighted by molar-refractivity contribution is -0.136. The minimum absolute atomic E-state index is 0.0177. The molecule has 3 heterocycles. The van der Waals surface area contributed by atoms with E-state index in [0.29, 0.717) is 6.54 Å². The molecular formula is C17H21N3O2S. The van der Waals surface area contributed by atoms with Crippen LogP contribution in [0.5, 0.6) is 0 Å². The smallest absolute Gasteiger partial charge is 0.267 e. The summed E-state index contributed by atoms with van der Waals surface area (Å²) in [5.74, 6) is 0.132. The maximum atomic E-state index is 12.3. The average molecular weight is 331 g/mol. The minimum atomic E-state index is -0.103. The van der Waals surface area contributed by atoms with Gasteiger partial charge in [0.25, 0.3) is 5.56 Å². The van der Waals surface area contributed by atoms with E-state index in [1.54, 1.807) is 28.2 Å². The van der Waals surface area contributed by atoms with E-state index in [9.17, 15) is 9.59 Å². The third kappa shape index (κ3) is 3.37. The van der Waals surface area contributed by atoms with Crippen LogP contribution in [0.15, 0.2) is 34.4 Å². The van der Waals surface area contributed by atoms with Crippen LogP contribution in [0.25, 0.3) is 10.6 Å². The summed E-state index contributed by atoms with van der Waals surface area (Å²) in [6.45, 7) is 5.16. The van der Waals surface area contributed by atoms with Crippen LogP contribution < -0.4 is 5.56 Å². The van der Waals surface area contributed by atoms with Crippen molar-refractivity contribution in [3.63, 3.8) is 0 Å². The predicted octanol–water partition coefficient (Wildman–Crippen LogP) is 2.79. The molecule has 0 aliphatic carbocycles. The van der Waals surface area contributed by atoms with Gasteiger partial charge in [-0.15, -0.1) is 11.3 Å². The zero-order valence-electron chi connectivity index (χ0n) is 13.4. The topological polar surface area (TPSA) is 55.2 Å². The van der Waals surface area contributed by atoms with Gasteiger partial charge in [-0.25, -0.2) is 4.68 Å². The van der Waals surface area contributed by atoms with Gasteiger partial charge in [-0.05, 0) is 30.4 Å². The Kier molecular flexibility index (Phi) is 4.61. The Labute approximate surface area is 139 Å². The molecule has 0 unspecified atom stereocenters. The van der Waals surface area contributed by atoms with Crippen molar-refractivity contribution in [3.05, 3.63) is 40.0 Å². The molecule has 0 bridgehead atoms. The molecule has 2 aromatic rings. The second-order valence-corrected chi connectivity index (χ2v) is 7.16. The molecule has 0 N–H and O–H groups in total. The monoisotopic (exact) mass is 331 g/mol. The zero-order chi connectivity index (χ0) is 16.4. The molecule has 23 heavy (non-hydrogen) atoms. The molecule has 1 aliphatic rings. The number of carbonyl (C=O) groups excluding carboxylic acids is 1. The molecule has 1 fully saturated rings. The van der Waals surface area contributed by atoms with Gasteiger partial charge >= 0.3 is 0 Å². The van der Waals surface area contributed by atoms with Crippen molar-refractivity contribution in [1.29, 1.82) is 0 Å². The molecule has 0 radical (unpaired) electrons. The summed E-state index contributed by atoms with van der Waals surface area (Å²) in [7, 11) is 0. The fourth-order valence-corrected chi connectivity index (χ4v) is 3.65. The fraction of sp³-hybridized carbons (Fsp3) is 0.471. The first-order valence-corrected chi connectivity index (χ1v) is 8.87. The highest BCUT2D eigenvalue weighted by Crippen LogP contribution is 2.24. The molecule has 0 saturated carbocycles. The summed E-state index contributed by atoms with van der Waals surface area (Å²) in [4.78, 5) is 27.4. The van der Waals surface area contributed by atoms with Crippen LogP contribution in [0.2, 0.25) is 0 Å². The van der Waals surface area contributed by atoms with Gasteiger partial charge in [0.05, 0.1) is 10.9 Å². The van der Waals surface area contributed by atoms with Gasteiger partial charge in [0.15, 0.2) is 0 Å². The largest absolute Gasteiger partial charge is 0.340 e. The minimum Gasteiger partial charge on any atom is -0.340 e. The molecule has 122 valence electrons. The first kappa shape index (κ1) is 15.9. The highest BCUT2D eigenvalue weighted by molar-refractivity contribution is 7.13. The number of aromatic nitrogens is 2. The zero-order valence-corrected chi connectivity index (χ0v) is 14.3. The lowest BCUT2D eigenvalue weighted by Gasteiger charge is -2.34. The summed E-state index contributed by atoms with van der Waals surface area (Å²) in [5, 5.41) is 6.55. The van der Waals surface area contributed by atoms with Crippen LogP contribution in [0, 0.1) is 5.92 Å². The van der Waals surface area contributed by atoms with Crippen molar-refractivity contribution in [1.82, 2.24) is 14.7 Å². The second kappa shape index (κ2) is 6.66. The first-order valence-electron chi connectivity index (χ1n) is 7.99. The van der Waals surface area contributed by atoms with Gasteiger partial charge in [0.2, 0.25) is 5.91 Å². The average Bonchev–Trinajstić information content (AvgIpc) is 3.09. The van der Waals surface area contributed by atoms with Crippen LogP contribution in [0.3, 0.4) is 0 Å². The van der Waals surface area contributed by atoms with Gasteiger partial charge < -0.3 is 4.90 Å². The van der Waals surface area contributed by atoms with Gasteiger partial charge in [-0.1, -0.05) is 19.9 Å². The molecule has 0 aromatic carbocycles. The summed E-state index contributed by atoms with van der Waals surface area (Å²) < 4.78 is 1.56. The standard InChI is InChI=1S/C17H21N3O2S/c1-12(2)17(22)19-9-3-5-13(11-19)20-16(21)8-7-14(18-20)15-6-4-10-23-15/h4,6-8,10,12-13H,3,5,9,11H2,1-2H3/t13-/m0/s1. The summed E-state index contributed by atoms with van der Waals surface area (Å²) in [5.41, 5.74) is 0.709. The Balaban J connectivity index is 1.87. The van der Waals surface area contributed by atoms with Crippen LogP contribution in [0.1, 0.15) is 32.7 Å². The maximum absolute atomic E-state index is 12.3. The third-order valence-electron chi connectivity index (χ3n) is 4.15. The van der Waals surface area contributed by atoms with E-state index < -0.39 is 0 Å². The van der Waals surface area contributed by atoms with E-state index in [2.05, 4.69) is 5.10 Å². The number of nitrogens with zero attached hydrogens (tertiary/aromatic N) is 3. The number of hydrogen-bond acceptors (Lipinski definition) is 4. The molecule has 1 aliphatic heterocycles. The number of hydrogen-bond donors (Lipinski definition) is 0. The van der Waals surface area contributed by atoms with Gasteiger partial charge in [0.1, 0.15) is 5.69 Å². The quantitative estimate of drug-likeness (QED) is 0.869. The number of amides is 1. The number of carbonyl (C=O) groups is 1. The summed E-state index contributed by atoms with van der Waals surface area (Å²) in [6.07, 6.45) is 1.78. The number of rotatable bonds is 3. The molecule has 6 heteroatoms. The van der Waals surface area contributed by atoms with Crippen molar-refractivity contribution >= 4 is 17.2 Å². The molecule has 1 saturated heterocycles. The van der Waals surface area contributed by atoms with Gasteiger partial charge in [-0.3, -0.25) is 9.59 Å². The maximum Gasteiger partial charge on any atom is 0.267 e. The van der Waals surface area contributed by atoms with Crippen LogP contribution in [-0.2, 0) is 4.79 Å². The predicted molar refractivity (Wildman–Crippen MR) is 91.5 cm³/mol. The van der Waals surface area contributed by atoms with E-state index in [0.717, 1.165) is 30.0 Å². The number of likely N-dealkylation sites (tertiary alicyclic amines) is 1. The highest BCUT2D eigenvalue weighted by atomic mass is 32.1. The van der Waals surface area contributed by atoms with E-state index >= 15 is 0 Å². The Hall–Kier alpha value is -1.95. The normalized spacial score (nSPS) is 18.4. The third-order valence-corrected chi connectivity index (χ3v) is 5.04. The van der Waals surface area contributed by atoms with E-state index in [1.165, 1.54) is 0 Å². The van der Waals surface area contributed by atoms with Gasteiger partial charge in [0, 0.05) is 25.1 Å². The Bertz CT molecular complexity index is 737. The first-order chi connectivity index (χ1) is 11.1. The lowest BCUT2D eigenvalue weighted by atomic mass is 10.0. The van der Waals surface area contributed by atoms with Crippen molar-refractivity contribution in [2.45, 2.75) is 32.7 Å². The van der Waals surface area contributed by atoms with Crippen LogP contribution in [-0.4, -0.2) is 33.7 Å². The van der Waals surface area contributed by atoms with Crippen molar-refractivity contribution in [2.75, 3.05) is 13.1 Å². The molecule has 5 nitrogen and oxygen atoms in total. The molecule has 1 amide bonds. The summed E-state index contributed by atoms with van der Waals surface area (Å²) in [6, 6.07) is 7.27. The lowest BCUT2D eigenvalue weighted by Crippen LogP contribution is -2.44. The molecule has 1 atom stereocenters. The van der Waals surface area contributed by atoms with E-state index in [-0.39, 0.29) is 23.4 Å². The Morgan fingerprint density at radius 2 is 2.17 bits per heavy atom. The van der Waals surface area contributed by atoms with Crippen LogP contribution >= 0.6 is 11.3 Å². The van der Waals surface area contributed by atoms with E-state index in [4.69, 9.17) is 0 Å². The van der Waals surface area contributed by atoms with Crippen LogP contribution in [0.4, 0.5) is 0 Å². The second-order valence-electron chi connectivity index (χ2n) is 6.21. The van der Waals surface area contributed by atoms with Crippen molar-refractivity contribution < 1.29 is 4.79 Å². The number of thiophene rings is 1. The summed E-state index contributed by atoms with van der Waals surface area (Å²) >= 11 is 1.60. The SMILES string of the molecule is CC(C)C(=O)N1CCC[C@H](n2nc(-c3cccs3)ccc2=O)C1. The van der Waals surface area contributed by atoms with Crippen molar-refractivity contribution in [2.24, 2.45) is 5.92 Å². The number of piperidine rings is 1. The van der Waals surface area contributed by atoms with E-state index in [1.807, 2.05) is 36.3 Å². The molecule has 0 spiro atoms. The highest BCUT2D eigenvalue weighted by Gasteiger charge is 2.27. The van der Waals surface area contributed by atoms with Gasteiger partial charge in [-0.2, -0.15) is 5.10 Å². The Morgan fingerprint density at radius 1 is 1.35 bits per heavy atom. The molecule has 2 aromatic heterocycles.